The molecule has 7 nitrogen and oxygen atoms in total. The number of halogens is 1. The molecule has 2 rings (SSSR count). The summed E-state index contributed by atoms with van der Waals surface area (Å²) in [6.07, 6.45) is 1.41. The zero-order valence-corrected chi connectivity index (χ0v) is 12.4. The van der Waals surface area contributed by atoms with Gasteiger partial charge in [0.1, 0.15) is 12.4 Å². The van der Waals surface area contributed by atoms with Gasteiger partial charge >= 0.3 is 0 Å². The maximum Gasteiger partial charge on any atom is 0.294 e. The number of rotatable bonds is 5. The zero-order valence-electron chi connectivity index (χ0n) is 11.6. The molecule has 0 radical (unpaired) electrons. The number of carboxylic acid groups (broad SMARTS) is 1. The van der Waals surface area contributed by atoms with Crippen LogP contribution >= 0.6 is 11.8 Å². The monoisotopic (exact) mass is 337 g/mol. The highest BCUT2D eigenvalue weighted by atomic mass is 32.2. The summed E-state index contributed by atoms with van der Waals surface area (Å²) in [6, 6.07) is 5.30. The van der Waals surface area contributed by atoms with Gasteiger partial charge < -0.3 is 15.2 Å². The van der Waals surface area contributed by atoms with Crippen LogP contribution in [0.3, 0.4) is 0 Å². The number of amides is 3. The largest absolute Gasteiger partial charge is 0.548 e. The fourth-order valence-electron chi connectivity index (χ4n) is 1.72. The highest BCUT2D eigenvalue weighted by Crippen LogP contribution is 2.31. The number of hydrogen-bond donors (Lipinski definition) is 1. The average molecular weight is 337 g/mol. The Hall–Kier alpha value is -2.68. The molecule has 0 bridgehead atoms. The highest BCUT2D eigenvalue weighted by molar-refractivity contribution is 8.18. The molecule has 1 N–H and O–H groups in total. The summed E-state index contributed by atoms with van der Waals surface area (Å²) in [4.78, 5) is 46.4. The number of benzene rings is 1. The zero-order chi connectivity index (χ0) is 17.0. The molecular formula is C14H10FN2O5S-. The Labute approximate surface area is 134 Å². The van der Waals surface area contributed by atoms with Crippen LogP contribution in [0.4, 0.5) is 9.18 Å². The molecule has 1 aliphatic rings. The third-order valence-corrected chi connectivity index (χ3v) is 3.68. The molecular weight excluding hydrogens is 327 g/mol. The first-order valence-electron chi connectivity index (χ1n) is 6.34. The van der Waals surface area contributed by atoms with E-state index in [2.05, 4.69) is 0 Å². The Kier molecular flexibility index (Phi) is 5.12. The lowest BCUT2D eigenvalue weighted by Gasteiger charge is -2.12. The van der Waals surface area contributed by atoms with Crippen molar-refractivity contribution >= 4 is 40.9 Å². The van der Waals surface area contributed by atoms with Gasteiger partial charge in [0.2, 0.25) is 5.91 Å². The standard InChI is InChI=1S/C14H11FN2O5S/c15-9-3-1-8(2-4-9)5-10-13(21)17(14(22)23-10)7-11(18)16-6-12(19)20/h1-5H,6-7H2,(H,16,18)(H,19,20)/p-1/b10-5-. The first-order chi connectivity index (χ1) is 10.9. The number of hydrogen-bond acceptors (Lipinski definition) is 6. The molecule has 1 aliphatic heterocycles. The van der Waals surface area contributed by atoms with Crippen LogP contribution in [0.15, 0.2) is 29.2 Å². The Morgan fingerprint density at radius 3 is 2.52 bits per heavy atom. The second kappa shape index (κ2) is 7.05. The lowest BCUT2D eigenvalue weighted by Crippen LogP contribution is -2.43. The summed E-state index contributed by atoms with van der Waals surface area (Å²) in [7, 11) is 0. The number of imide groups is 1. The molecule has 23 heavy (non-hydrogen) atoms. The van der Waals surface area contributed by atoms with Crippen molar-refractivity contribution in [2.75, 3.05) is 13.1 Å². The first kappa shape index (κ1) is 16.7. The van der Waals surface area contributed by atoms with Crippen molar-refractivity contribution in [1.29, 1.82) is 0 Å². The van der Waals surface area contributed by atoms with Crippen LogP contribution in [-0.2, 0) is 14.4 Å². The van der Waals surface area contributed by atoms with Crippen LogP contribution in [0.1, 0.15) is 5.56 Å². The van der Waals surface area contributed by atoms with Gasteiger partial charge in [0.25, 0.3) is 11.1 Å². The number of carbonyl (C=O) groups is 4. The predicted octanol–water partition coefficient (Wildman–Crippen LogP) is -0.272. The van der Waals surface area contributed by atoms with Crippen LogP contribution < -0.4 is 10.4 Å². The van der Waals surface area contributed by atoms with Gasteiger partial charge in [-0.15, -0.1) is 0 Å². The minimum Gasteiger partial charge on any atom is -0.548 e. The Morgan fingerprint density at radius 1 is 1.26 bits per heavy atom. The van der Waals surface area contributed by atoms with Gasteiger partial charge in [-0.2, -0.15) is 0 Å². The summed E-state index contributed by atoms with van der Waals surface area (Å²) < 4.78 is 12.8. The van der Waals surface area contributed by atoms with E-state index < -0.39 is 41.9 Å². The van der Waals surface area contributed by atoms with Crippen molar-refractivity contribution in [1.82, 2.24) is 10.2 Å². The summed E-state index contributed by atoms with van der Waals surface area (Å²) in [5, 5.41) is 11.6. The minimum absolute atomic E-state index is 0.0920. The maximum atomic E-state index is 12.8. The maximum absolute atomic E-state index is 12.8. The Bertz CT molecular complexity index is 702. The van der Waals surface area contributed by atoms with E-state index in [4.69, 9.17) is 0 Å². The molecule has 1 heterocycles. The molecule has 1 saturated heterocycles. The van der Waals surface area contributed by atoms with Gasteiger partial charge in [0, 0.05) is 0 Å². The van der Waals surface area contributed by atoms with E-state index in [0.717, 1.165) is 0 Å². The number of carbonyl (C=O) groups excluding carboxylic acids is 4. The molecule has 0 atom stereocenters. The SMILES string of the molecule is O=C([O-])CNC(=O)CN1C(=O)S/C(=C\c2ccc(F)cc2)C1=O. The second-order valence-corrected chi connectivity index (χ2v) is 5.46. The number of thioether (sulfide) groups is 1. The topological polar surface area (TPSA) is 107 Å². The third kappa shape index (κ3) is 4.39. The van der Waals surface area contributed by atoms with E-state index in [0.29, 0.717) is 22.2 Å². The predicted molar refractivity (Wildman–Crippen MR) is 77.1 cm³/mol. The van der Waals surface area contributed by atoms with Gasteiger partial charge in [-0.25, -0.2) is 4.39 Å². The average Bonchev–Trinajstić information content (AvgIpc) is 2.75. The van der Waals surface area contributed by atoms with Gasteiger partial charge in [-0.1, -0.05) is 12.1 Å². The van der Waals surface area contributed by atoms with Crippen molar-refractivity contribution in [3.8, 4) is 0 Å². The molecule has 0 aromatic heterocycles. The van der Waals surface area contributed by atoms with Crippen molar-refractivity contribution < 1.29 is 28.7 Å². The molecule has 1 aromatic rings. The molecule has 0 saturated carbocycles. The van der Waals surface area contributed by atoms with Crippen molar-refractivity contribution in [3.63, 3.8) is 0 Å². The van der Waals surface area contributed by atoms with E-state index >= 15 is 0 Å². The molecule has 0 unspecified atom stereocenters. The van der Waals surface area contributed by atoms with Crippen molar-refractivity contribution in [2.45, 2.75) is 0 Å². The number of aliphatic carboxylic acids is 1. The van der Waals surface area contributed by atoms with E-state index in [1.165, 1.54) is 30.3 Å². The van der Waals surface area contributed by atoms with Gasteiger partial charge in [0.05, 0.1) is 17.4 Å². The van der Waals surface area contributed by atoms with Crippen LogP contribution in [0.25, 0.3) is 6.08 Å². The lowest BCUT2D eigenvalue weighted by molar-refractivity contribution is -0.304. The summed E-state index contributed by atoms with van der Waals surface area (Å²) >= 11 is 0.643. The number of carboxylic acids is 1. The summed E-state index contributed by atoms with van der Waals surface area (Å²) in [5.41, 5.74) is 0.526. The van der Waals surface area contributed by atoms with E-state index in [-0.39, 0.29) is 4.91 Å². The molecule has 9 heteroatoms. The van der Waals surface area contributed by atoms with Crippen molar-refractivity contribution in [2.24, 2.45) is 0 Å². The molecule has 1 aromatic carbocycles. The highest BCUT2D eigenvalue weighted by Gasteiger charge is 2.36. The summed E-state index contributed by atoms with van der Waals surface area (Å²) in [5.74, 6) is -3.38. The van der Waals surface area contributed by atoms with Crippen LogP contribution in [-0.4, -0.2) is 41.0 Å². The number of nitrogens with one attached hydrogen (secondary N) is 1. The molecule has 1 fully saturated rings. The van der Waals surface area contributed by atoms with E-state index in [1.807, 2.05) is 5.32 Å². The van der Waals surface area contributed by atoms with Crippen LogP contribution in [0, 0.1) is 5.82 Å². The van der Waals surface area contributed by atoms with Gasteiger partial charge in [0.15, 0.2) is 0 Å². The molecule has 0 aliphatic carbocycles. The van der Waals surface area contributed by atoms with Gasteiger partial charge in [-0.3, -0.25) is 19.3 Å². The normalized spacial score (nSPS) is 16.0. The quantitative estimate of drug-likeness (QED) is 0.741. The molecule has 3 amide bonds. The fourth-order valence-corrected chi connectivity index (χ4v) is 2.56. The van der Waals surface area contributed by atoms with E-state index in [9.17, 15) is 28.7 Å². The third-order valence-electron chi connectivity index (χ3n) is 2.77. The van der Waals surface area contributed by atoms with Crippen molar-refractivity contribution in [3.05, 3.63) is 40.6 Å². The van der Waals surface area contributed by atoms with Crippen LogP contribution in [0.5, 0.6) is 0 Å². The fraction of sp³-hybridized carbons (Fsp3) is 0.143. The second-order valence-electron chi connectivity index (χ2n) is 4.47. The Morgan fingerprint density at radius 2 is 1.91 bits per heavy atom. The molecule has 120 valence electrons. The lowest BCUT2D eigenvalue weighted by atomic mass is 10.2. The van der Waals surface area contributed by atoms with Gasteiger partial charge in [-0.05, 0) is 35.5 Å². The summed E-state index contributed by atoms with van der Waals surface area (Å²) in [6.45, 7) is -1.29. The number of nitrogens with zero attached hydrogens (tertiary/aromatic N) is 1. The van der Waals surface area contributed by atoms with E-state index in [1.54, 1.807) is 0 Å². The Balaban J connectivity index is 2.06. The molecule has 0 spiro atoms. The minimum atomic E-state index is -1.48. The van der Waals surface area contributed by atoms with Crippen LogP contribution in [0.2, 0.25) is 0 Å². The smallest absolute Gasteiger partial charge is 0.294 e. The first-order valence-corrected chi connectivity index (χ1v) is 7.16.